The first-order valence-corrected chi connectivity index (χ1v) is 5.13. The van der Waals surface area contributed by atoms with E-state index in [-0.39, 0.29) is 0 Å². The number of rotatable bonds is 3. The highest BCUT2D eigenvalue weighted by atomic mass is 16.1. The van der Waals surface area contributed by atoms with Gasteiger partial charge in [0.1, 0.15) is 0 Å². The van der Waals surface area contributed by atoms with Crippen molar-refractivity contribution < 1.29 is 4.79 Å². The molecule has 0 unspecified atom stereocenters. The molecular formula is C11H13N5O. The third-order valence-corrected chi connectivity index (χ3v) is 2.40. The number of aryl methyl sites for hydroxylation is 1. The van der Waals surface area contributed by atoms with Gasteiger partial charge in [0.2, 0.25) is 0 Å². The second kappa shape index (κ2) is 4.34. The van der Waals surface area contributed by atoms with Crippen LogP contribution in [0, 0.1) is 6.92 Å². The molecule has 1 amide bonds. The average Bonchev–Trinajstić information content (AvgIpc) is 2.78. The molecule has 0 saturated carbocycles. The molecule has 0 atom stereocenters. The van der Waals surface area contributed by atoms with Crippen LogP contribution < -0.4 is 11.5 Å². The molecule has 2 rings (SSSR count). The minimum absolute atomic E-state index is 0.344. The average molecular weight is 231 g/mol. The molecule has 0 aliphatic carbocycles. The molecule has 6 heteroatoms. The second-order valence-corrected chi connectivity index (χ2v) is 3.68. The zero-order valence-electron chi connectivity index (χ0n) is 9.42. The minimum atomic E-state index is -0.516. The van der Waals surface area contributed by atoms with E-state index in [1.54, 1.807) is 6.20 Å². The second-order valence-electron chi connectivity index (χ2n) is 3.68. The summed E-state index contributed by atoms with van der Waals surface area (Å²) in [6, 6.07) is 3.77. The predicted molar refractivity (Wildman–Crippen MR) is 62.5 cm³/mol. The molecule has 88 valence electrons. The summed E-state index contributed by atoms with van der Waals surface area (Å²) in [7, 11) is 0. The molecule has 2 aromatic heterocycles. The first-order chi connectivity index (χ1) is 8.11. The van der Waals surface area contributed by atoms with Crippen LogP contribution in [0.1, 0.15) is 21.6 Å². The number of nitrogens with two attached hydrogens (primary N) is 2. The number of primary amides is 1. The lowest BCUT2D eigenvalue weighted by molar-refractivity contribution is 0.100. The zero-order chi connectivity index (χ0) is 12.4. The van der Waals surface area contributed by atoms with Crippen LogP contribution in [0.15, 0.2) is 24.5 Å². The van der Waals surface area contributed by atoms with Gasteiger partial charge in [-0.15, -0.1) is 0 Å². The number of carbonyl (C=O) groups excluding carboxylic acids is 1. The van der Waals surface area contributed by atoms with E-state index in [9.17, 15) is 4.79 Å². The Balaban J connectivity index is 2.51. The van der Waals surface area contributed by atoms with Crippen molar-refractivity contribution in [2.75, 3.05) is 0 Å². The molecule has 2 aromatic rings. The van der Waals surface area contributed by atoms with Gasteiger partial charge in [0.25, 0.3) is 5.91 Å². The maximum Gasteiger partial charge on any atom is 0.251 e. The van der Waals surface area contributed by atoms with Gasteiger partial charge >= 0.3 is 0 Å². The van der Waals surface area contributed by atoms with Gasteiger partial charge in [-0.3, -0.25) is 4.79 Å². The monoisotopic (exact) mass is 231 g/mol. The summed E-state index contributed by atoms with van der Waals surface area (Å²) in [5, 5.41) is 4.06. The van der Waals surface area contributed by atoms with Crippen LogP contribution in [0.5, 0.6) is 0 Å². The van der Waals surface area contributed by atoms with Gasteiger partial charge in [-0.25, -0.2) is 9.67 Å². The van der Waals surface area contributed by atoms with Gasteiger partial charge in [-0.1, -0.05) is 6.07 Å². The highest BCUT2D eigenvalue weighted by Crippen LogP contribution is 2.12. The van der Waals surface area contributed by atoms with E-state index in [2.05, 4.69) is 10.1 Å². The Bertz CT molecular complexity index is 561. The largest absolute Gasteiger partial charge is 0.366 e. The van der Waals surface area contributed by atoms with E-state index < -0.39 is 5.91 Å². The molecule has 0 spiro atoms. The summed E-state index contributed by atoms with van der Waals surface area (Å²) in [5.41, 5.74) is 12.9. The number of amides is 1. The van der Waals surface area contributed by atoms with E-state index in [4.69, 9.17) is 11.5 Å². The summed E-state index contributed by atoms with van der Waals surface area (Å²) in [6.07, 6.45) is 2.95. The molecular weight excluding hydrogens is 218 g/mol. The first-order valence-electron chi connectivity index (χ1n) is 5.13. The van der Waals surface area contributed by atoms with Crippen LogP contribution in [-0.4, -0.2) is 20.7 Å². The zero-order valence-corrected chi connectivity index (χ0v) is 9.42. The molecule has 0 bridgehead atoms. The molecule has 4 N–H and O–H groups in total. The van der Waals surface area contributed by atoms with Crippen LogP contribution >= 0.6 is 0 Å². The molecule has 0 radical (unpaired) electrons. The Morgan fingerprint density at radius 1 is 1.47 bits per heavy atom. The van der Waals surface area contributed by atoms with Crippen LogP contribution in [0.4, 0.5) is 0 Å². The van der Waals surface area contributed by atoms with Crippen molar-refractivity contribution in [3.05, 3.63) is 41.3 Å². The maximum atomic E-state index is 11.0. The number of nitrogens with zero attached hydrogens (tertiary/aromatic N) is 3. The van der Waals surface area contributed by atoms with Crippen LogP contribution in [0.25, 0.3) is 5.82 Å². The fourth-order valence-electron chi connectivity index (χ4n) is 1.50. The Hall–Kier alpha value is -2.21. The van der Waals surface area contributed by atoms with Gasteiger partial charge in [0.05, 0.1) is 11.8 Å². The van der Waals surface area contributed by atoms with E-state index >= 15 is 0 Å². The van der Waals surface area contributed by atoms with E-state index in [1.165, 1.54) is 10.9 Å². The van der Waals surface area contributed by atoms with Gasteiger partial charge < -0.3 is 11.5 Å². The Morgan fingerprint density at radius 3 is 2.82 bits per heavy atom. The lowest BCUT2D eigenvalue weighted by Gasteiger charge is -2.07. The normalized spacial score (nSPS) is 10.5. The SMILES string of the molecule is Cc1ccc(CN)c(-n2cc(C(N)=O)cn2)n1. The summed E-state index contributed by atoms with van der Waals surface area (Å²) < 4.78 is 1.51. The van der Waals surface area contributed by atoms with Crippen molar-refractivity contribution in [1.82, 2.24) is 14.8 Å². The van der Waals surface area contributed by atoms with Crippen molar-refractivity contribution in [3.63, 3.8) is 0 Å². The lowest BCUT2D eigenvalue weighted by Crippen LogP contribution is -2.10. The quantitative estimate of drug-likeness (QED) is 0.784. The van der Waals surface area contributed by atoms with Crippen molar-refractivity contribution in [2.24, 2.45) is 11.5 Å². The van der Waals surface area contributed by atoms with Gasteiger partial charge in [-0.05, 0) is 13.0 Å². The Kier molecular flexibility index (Phi) is 2.88. The molecule has 6 nitrogen and oxygen atoms in total. The third-order valence-electron chi connectivity index (χ3n) is 2.40. The summed E-state index contributed by atoms with van der Waals surface area (Å²) >= 11 is 0. The van der Waals surface area contributed by atoms with Crippen LogP contribution in [0.3, 0.4) is 0 Å². The standard InChI is InChI=1S/C11H13N5O/c1-7-2-3-8(4-12)11(15-7)16-6-9(5-14-16)10(13)17/h2-3,5-6H,4,12H2,1H3,(H2,13,17). The summed E-state index contributed by atoms with van der Waals surface area (Å²) in [5.74, 6) is 0.109. The van der Waals surface area contributed by atoms with E-state index in [0.29, 0.717) is 17.9 Å². The van der Waals surface area contributed by atoms with Gasteiger partial charge in [0.15, 0.2) is 5.82 Å². The Morgan fingerprint density at radius 2 is 2.24 bits per heavy atom. The van der Waals surface area contributed by atoms with Crippen molar-refractivity contribution >= 4 is 5.91 Å². The molecule has 0 aliphatic heterocycles. The molecule has 0 aliphatic rings. The molecule has 17 heavy (non-hydrogen) atoms. The maximum absolute atomic E-state index is 11.0. The molecule has 2 heterocycles. The molecule has 0 aromatic carbocycles. The summed E-state index contributed by atoms with van der Waals surface area (Å²) in [4.78, 5) is 15.3. The first kappa shape index (κ1) is 11.3. The van der Waals surface area contributed by atoms with Crippen LogP contribution in [0.2, 0.25) is 0 Å². The molecule has 0 fully saturated rings. The van der Waals surface area contributed by atoms with Gasteiger partial charge in [-0.2, -0.15) is 5.10 Å². The smallest absolute Gasteiger partial charge is 0.251 e. The fraction of sp³-hybridized carbons (Fsp3) is 0.182. The van der Waals surface area contributed by atoms with E-state index in [1.807, 2.05) is 19.1 Å². The van der Waals surface area contributed by atoms with Crippen molar-refractivity contribution in [1.29, 1.82) is 0 Å². The minimum Gasteiger partial charge on any atom is -0.366 e. The topological polar surface area (TPSA) is 99.8 Å². The predicted octanol–water partition coefficient (Wildman–Crippen LogP) is 0.133. The lowest BCUT2D eigenvalue weighted by atomic mass is 10.2. The van der Waals surface area contributed by atoms with Crippen molar-refractivity contribution in [3.8, 4) is 5.82 Å². The van der Waals surface area contributed by atoms with Gasteiger partial charge in [0, 0.05) is 24.0 Å². The number of carbonyl (C=O) groups is 1. The third kappa shape index (κ3) is 2.16. The number of hydrogen-bond acceptors (Lipinski definition) is 4. The number of pyridine rings is 1. The number of aromatic nitrogens is 3. The highest BCUT2D eigenvalue weighted by molar-refractivity contribution is 5.92. The fourth-order valence-corrected chi connectivity index (χ4v) is 1.50. The Labute approximate surface area is 98.3 Å². The van der Waals surface area contributed by atoms with Crippen LogP contribution in [-0.2, 0) is 6.54 Å². The highest BCUT2D eigenvalue weighted by Gasteiger charge is 2.09. The summed E-state index contributed by atoms with van der Waals surface area (Å²) in [6.45, 7) is 2.23. The van der Waals surface area contributed by atoms with Crippen molar-refractivity contribution in [2.45, 2.75) is 13.5 Å². The number of hydrogen-bond donors (Lipinski definition) is 2. The molecule has 0 saturated heterocycles. The van der Waals surface area contributed by atoms with E-state index in [0.717, 1.165) is 11.3 Å².